The highest BCUT2D eigenvalue weighted by Crippen LogP contribution is 2.11. The summed E-state index contributed by atoms with van der Waals surface area (Å²) in [7, 11) is 1.40. The van der Waals surface area contributed by atoms with Gasteiger partial charge in [0.05, 0.1) is 12.6 Å². The molecular weight excluding hydrogens is 215 g/mol. The van der Waals surface area contributed by atoms with Crippen molar-refractivity contribution >= 4 is 6.03 Å². The van der Waals surface area contributed by atoms with Gasteiger partial charge in [0.2, 0.25) is 0 Å². The van der Waals surface area contributed by atoms with Gasteiger partial charge in [-0.15, -0.1) is 0 Å². The summed E-state index contributed by atoms with van der Waals surface area (Å²) in [6.45, 7) is -1.13. The summed E-state index contributed by atoms with van der Waals surface area (Å²) in [6, 6.07) is -1.41. The van der Waals surface area contributed by atoms with Gasteiger partial charge in [-0.3, -0.25) is 0 Å². The molecule has 0 saturated heterocycles. The molecule has 5 nitrogen and oxygen atoms in total. The predicted molar refractivity (Wildman–Crippen MR) is 47.3 cm³/mol. The van der Waals surface area contributed by atoms with Crippen LogP contribution in [0.5, 0.6) is 0 Å². The molecule has 0 bridgehead atoms. The molecule has 2 amide bonds. The van der Waals surface area contributed by atoms with Crippen LogP contribution in [0.2, 0.25) is 0 Å². The van der Waals surface area contributed by atoms with Crippen molar-refractivity contribution in [3.63, 3.8) is 0 Å². The fourth-order valence-corrected chi connectivity index (χ4v) is 0.787. The molecule has 0 rings (SSSR count). The number of hydrogen-bond acceptors (Lipinski definition) is 3. The van der Waals surface area contributed by atoms with E-state index in [0.29, 0.717) is 0 Å². The van der Waals surface area contributed by atoms with Crippen LogP contribution in [0, 0.1) is 0 Å². The Balaban J connectivity index is 3.81. The molecule has 90 valence electrons. The molecule has 8 heteroatoms. The summed E-state index contributed by atoms with van der Waals surface area (Å²) in [4.78, 5) is 10.9. The van der Waals surface area contributed by atoms with E-state index in [4.69, 9.17) is 10.5 Å². The minimum Gasteiger partial charge on any atom is -0.383 e. The summed E-state index contributed by atoms with van der Waals surface area (Å²) in [5, 5.41) is 3.90. The summed E-state index contributed by atoms with van der Waals surface area (Å²) in [6.07, 6.45) is -4.42. The first-order valence-corrected chi connectivity index (χ1v) is 4.19. The van der Waals surface area contributed by atoms with Gasteiger partial charge >= 0.3 is 12.2 Å². The van der Waals surface area contributed by atoms with Crippen LogP contribution in [0.1, 0.15) is 0 Å². The van der Waals surface area contributed by atoms with Crippen molar-refractivity contribution in [3.05, 3.63) is 0 Å². The van der Waals surface area contributed by atoms with Crippen molar-refractivity contribution in [1.29, 1.82) is 0 Å². The molecule has 0 heterocycles. The highest BCUT2D eigenvalue weighted by atomic mass is 19.4. The van der Waals surface area contributed by atoms with Crippen LogP contribution in [-0.4, -0.2) is 45.1 Å². The topological polar surface area (TPSA) is 76.4 Å². The average Bonchev–Trinajstić information content (AvgIpc) is 2.13. The Bertz CT molecular complexity index is 198. The van der Waals surface area contributed by atoms with Gasteiger partial charge in [0, 0.05) is 13.7 Å². The van der Waals surface area contributed by atoms with Gasteiger partial charge < -0.3 is 21.1 Å². The van der Waals surface area contributed by atoms with Crippen molar-refractivity contribution in [3.8, 4) is 0 Å². The zero-order chi connectivity index (χ0) is 11.9. The minimum absolute atomic E-state index is 0.0906. The molecule has 0 aliphatic rings. The highest BCUT2D eigenvalue weighted by Gasteiger charge is 2.27. The second-order valence-electron chi connectivity index (χ2n) is 2.83. The zero-order valence-electron chi connectivity index (χ0n) is 8.23. The van der Waals surface area contributed by atoms with Gasteiger partial charge in [0.1, 0.15) is 6.54 Å². The maximum Gasteiger partial charge on any atom is 0.405 e. The molecule has 0 fully saturated rings. The average molecular weight is 229 g/mol. The number of alkyl halides is 3. The molecule has 0 aromatic carbocycles. The van der Waals surface area contributed by atoms with Crippen molar-refractivity contribution < 1.29 is 22.7 Å². The van der Waals surface area contributed by atoms with Gasteiger partial charge in [-0.25, -0.2) is 4.79 Å². The van der Waals surface area contributed by atoms with Crippen LogP contribution < -0.4 is 16.4 Å². The molecule has 0 spiro atoms. The fourth-order valence-electron chi connectivity index (χ4n) is 0.787. The monoisotopic (exact) mass is 229 g/mol. The molecule has 15 heavy (non-hydrogen) atoms. The standard InChI is InChI=1S/C7H14F3N3O2/c1-15-3-5(2-11)13-6(14)12-4-7(8,9)10/h5H,2-4,11H2,1H3,(H2,12,13,14). The number of rotatable bonds is 5. The van der Waals surface area contributed by atoms with Gasteiger partial charge in [0.25, 0.3) is 0 Å². The van der Waals surface area contributed by atoms with Crippen LogP contribution in [0.3, 0.4) is 0 Å². The lowest BCUT2D eigenvalue weighted by Crippen LogP contribution is -2.49. The number of nitrogens with one attached hydrogen (secondary N) is 2. The molecule has 1 atom stereocenters. The number of carbonyl (C=O) groups excluding carboxylic acids is 1. The second kappa shape index (κ2) is 6.46. The summed E-state index contributed by atoms with van der Waals surface area (Å²) in [5.74, 6) is 0. The van der Waals surface area contributed by atoms with E-state index in [1.54, 1.807) is 5.32 Å². The zero-order valence-corrected chi connectivity index (χ0v) is 8.23. The maximum absolute atomic E-state index is 11.7. The van der Waals surface area contributed by atoms with Crippen LogP contribution in [0.25, 0.3) is 0 Å². The number of hydrogen-bond donors (Lipinski definition) is 3. The van der Waals surface area contributed by atoms with Crippen LogP contribution >= 0.6 is 0 Å². The number of halogens is 3. The third-order valence-electron chi connectivity index (χ3n) is 1.44. The smallest absolute Gasteiger partial charge is 0.383 e. The SMILES string of the molecule is COCC(CN)NC(=O)NCC(F)(F)F. The Morgan fingerprint density at radius 2 is 2.13 bits per heavy atom. The maximum atomic E-state index is 11.7. The van der Waals surface area contributed by atoms with Gasteiger partial charge in [-0.1, -0.05) is 0 Å². The van der Waals surface area contributed by atoms with Gasteiger partial charge in [-0.2, -0.15) is 13.2 Å². The number of urea groups is 1. The molecule has 1 unspecified atom stereocenters. The number of carbonyl (C=O) groups is 1. The quantitative estimate of drug-likeness (QED) is 0.612. The van der Waals surface area contributed by atoms with Crippen molar-refractivity contribution in [2.45, 2.75) is 12.2 Å². The van der Waals surface area contributed by atoms with Gasteiger partial charge in [-0.05, 0) is 0 Å². The third kappa shape index (κ3) is 8.01. The van der Waals surface area contributed by atoms with Crippen LogP contribution in [0.4, 0.5) is 18.0 Å². The highest BCUT2D eigenvalue weighted by molar-refractivity contribution is 5.74. The number of amides is 2. The van der Waals surface area contributed by atoms with E-state index in [9.17, 15) is 18.0 Å². The lowest BCUT2D eigenvalue weighted by atomic mass is 10.3. The molecule has 4 N–H and O–H groups in total. The number of nitrogens with two attached hydrogens (primary N) is 1. The number of methoxy groups -OCH3 is 1. The van der Waals surface area contributed by atoms with E-state index in [1.807, 2.05) is 0 Å². The molecule has 0 aliphatic carbocycles. The minimum atomic E-state index is -4.42. The molecule has 0 aromatic rings. The molecule has 0 aliphatic heterocycles. The first-order valence-electron chi connectivity index (χ1n) is 4.19. The van der Waals surface area contributed by atoms with Crippen LogP contribution in [0.15, 0.2) is 0 Å². The third-order valence-corrected chi connectivity index (χ3v) is 1.44. The lowest BCUT2D eigenvalue weighted by molar-refractivity contribution is -0.122. The summed E-state index contributed by atoms with van der Waals surface area (Å²) in [5.41, 5.74) is 5.24. The Labute approximate surface area is 85.1 Å². The van der Waals surface area contributed by atoms with E-state index < -0.39 is 24.8 Å². The van der Waals surface area contributed by atoms with Crippen molar-refractivity contribution in [2.75, 3.05) is 26.8 Å². The normalized spacial score (nSPS) is 13.4. The van der Waals surface area contributed by atoms with E-state index >= 15 is 0 Å². The second-order valence-corrected chi connectivity index (χ2v) is 2.83. The Kier molecular flexibility index (Phi) is 6.02. The fraction of sp³-hybridized carbons (Fsp3) is 0.857. The van der Waals surface area contributed by atoms with Crippen molar-refractivity contribution in [2.24, 2.45) is 5.73 Å². The van der Waals surface area contributed by atoms with E-state index in [2.05, 4.69) is 5.32 Å². The largest absolute Gasteiger partial charge is 0.405 e. The van der Waals surface area contributed by atoms with E-state index in [-0.39, 0.29) is 13.2 Å². The molecule has 0 saturated carbocycles. The lowest BCUT2D eigenvalue weighted by Gasteiger charge is -2.16. The number of ether oxygens (including phenoxy) is 1. The molecular formula is C7H14F3N3O2. The molecule has 0 radical (unpaired) electrons. The Morgan fingerprint density at radius 1 is 1.53 bits per heavy atom. The Hall–Kier alpha value is -1.02. The predicted octanol–water partition coefficient (Wildman–Crippen LogP) is -0.178. The Morgan fingerprint density at radius 3 is 2.53 bits per heavy atom. The van der Waals surface area contributed by atoms with E-state index in [0.717, 1.165) is 0 Å². The molecule has 0 aromatic heterocycles. The first-order chi connectivity index (χ1) is 6.89. The van der Waals surface area contributed by atoms with Gasteiger partial charge in [0.15, 0.2) is 0 Å². The summed E-state index contributed by atoms with van der Waals surface area (Å²) < 4.78 is 39.8. The van der Waals surface area contributed by atoms with E-state index in [1.165, 1.54) is 7.11 Å². The van der Waals surface area contributed by atoms with Crippen LogP contribution in [-0.2, 0) is 4.74 Å². The summed E-state index contributed by atoms with van der Waals surface area (Å²) >= 11 is 0. The first kappa shape index (κ1) is 14.0. The van der Waals surface area contributed by atoms with Crippen molar-refractivity contribution in [1.82, 2.24) is 10.6 Å².